The van der Waals surface area contributed by atoms with Crippen molar-refractivity contribution in [3.05, 3.63) is 35.9 Å². The van der Waals surface area contributed by atoms with Gasteiger partial charge in [0.15, 0.2) is 0 Å². The smallest absolute Gasteiger partial charge is 0.315 e. The van der Waals surface area contributed by atoms with Gasteiger partial charge in [0.25, 0.3) is 0 Å². The molecular formula is C12H18N3O+. The van der Waals surface area contributed by atoms with Gasteiger partial charge in [-0.15, -0.1) is 0 Å². The summed E-state index contributed by atoms with van der Waals surface area (Å²) in [7, 11) is 0. The third-order valence-corrected chi connectivity index (χ3v) is 3.08. The number of piperazine rings is 1. The Kier molecular flexibility index (Phi) is 3.41. The second kappa shape index (κ2) is 4.99. The van der Waals surface area contributed by atoms with Crippen LogP contribution in [-0.4, -0.2) is 37.1 Å². The summed E-state index contributed by atoms with van der Waals surface area (Å²) in [6.45, 7) is 4.55. The number of nitrogens with zero attached hydrogens (tertiary/aromatic N) is 1. The fourth-order valence-electron chi connectivity index (χ4n) is 2.10. The normalized spacial score (nSPS) is 17.4. The summed E-state index contributed by atoms with van der Waals surface area (Å²) >= 11 is 0. The van der Waals surface area contributed by atoms with E-state index >= 15 is 0 Å². The van der Waals surface area contributed by atoms with Crippen LogP contribution in [0.1, 0.15) is 5.56 Å². The molecule has 2 amide bonds. The van der Waals surface area contributed by atoms with E-state index in [2.05, 4.69) is 24.3 Å². The molecule has 0 bridgehead atoms. The zero-order valence-corrected chi connectivity index (χ0v) is 9.36. The van der Waals surface area contributed by atoms with Crippen LogP contribution in [0.4, 0.5) is 4.79 Å². The maximum atomic E-state index is 11.0. The van der Waals surface area contributed by atoms with Crippen LogP contribution in [0.3, 0.4) is 0 Å². The van der Waals surface area contributed by atoms with Gasteiger partial charge in [-0.2, -0.15) is 0 Å². The standard InChI is InChI=1S/C12H17N3O/c13-12(16)15-8-6-14(7-9-15)10-11-4-2-1-3-5-11/h1-5H,6-10H2,(H2,13,16)/p+1. The molecule has 1 aromatic rings. The number of urea groups is 1. The number of carbonyl (C=O) groups is 1. The van der Waals surface area contributed by atoms with Gasteiger partial charge >= 0.3 is 6.03 Å². The highest BCUT2D eigenvalue weighted by Gasteiger charge is 2.21. The van der Waals surface area contributed by atoms with E-state index in [1.165, 1.54) is 10.5 Å². The molecule has 4 heteroatoms. The number of quaternary nitrogens is 1. The van der Waals surface area contributed by atoms with Gasteiger partial charge in [-0.05, 0) is 0 Å². The number of primary amides is 1. The predicted molar refractivity (Wildman–Crippen MR) is 62.0 cm³/mol. The highest BCUT2D eigenvalue weighted by atomic mass is 16.2. The quantitative estimate of drug-likeness (QED) is 0.691. The van der Waals surface area contributed by atoms with Crippen LogP contribution in [0, 0.1) is 0 Å². The maximum Gasteiger partial charge on any atom is 0.315 e. The lowest BCUT2D eigenvalue weighted by Gasteiger charge is -2.31. The second-order valence-corrected chi connectivity index (χ2v) is 4.24. The summed E-state index contributed by atoms with van der Waals surface area (Å²) < 4.78 is 0. The molecule has 0 unspecified atom stereocenters. The zero-order chi connectivity index (χ0) is 11.4. The monoisotopic (exact) mass is 220 g/mol. The molecule has 1 aliphatic heterocycles. The minimum Gasteiger partial charge on any atom is -0.351 e. The van der Waals surface area contributed by atoms with Crippen LogP contribution in [0.15, 0.2) is 30.3 Å². The lowest BCUT2D eigenvalue weighted by Crippen LogP contribution is -3.13. The summed E-state index contributed by atoms with van der Waals surface area (Å²) in [5.74, 6) is 0. The molecule has 3 N–H and O–H groups in total. The molecule has 0 aromatic heterocycles. The topological polar surface area (TPSA) is 50.8 Å². The van der Waals surface area contributed by atoms with Gasteiger partial charge in [-0.3, -0.25) is 0 Å². The van der Waals surface area contributed by atoms with E-state index in [0.29, 0.717) is 0 Å². The largest absolute Gasteiger partial charge is 0.351 e. The van der Waals surface area contributed by atoms with Crippen molar-refractivity contribution in [2.24, 2.45) is 5.73 Å². The zero-order valence-electron chi connectivity index (χ0n) is 9.36. The number of benzene rings is 1. The Morgan fingerprint density at radius 1 is 1.25 bits per heavy atom. The van der Waals surface area contributed by atoms with Crippen LogP contribution in [0.2, 0.25) is 0 Å². The van der Waals surface area contributed by atoms with Crippen LogP contribution < -0.4 is 10.6 Å². The van der Waals surface area contributed by atoms with Gasteiger partial charge in [0.05, 0.1) is 26.2 Å². The van der Waals surface area contributed by atoms with Gasteiger partial charge in [0, 0.05) is 5.56 Å². The minimum atomic E-state index is -0.293. The highest BCUT2D eigenvalue weighted by Crippen LogP contribution is 1.96. The lowest BCUT2D eigenvalue weighted by molar-refractivity contribution is -0.917. The van der Waals surface area contributed by atoms with E-state index in [1.807, 2.05) is 6.07 Å². The molecule has 1 aromatic carbocycles. The van der Waals surface area contributed by atoms with Crippen LogP contribution in [-0.2, 0) is 6.54 Å². The van der Waals surface area contributed by atoms with Crippen LogP contribution in [0.5, 0.6) is 0 Å². The molecule has 0 spiro atoms. The van der Waals surface area contributed by atoms with E-state index in [4.69, 9.17) is 5.73 Å². The van der Waals surface area contributed by atoms with E-state index < -0.39 is 0 Å². The molecule has 1 fully saturated rings. The molecule has 0 aliphatic carbocycles. The van der Waals surface area contributed by atoms with Crippen molar-refractivity contribution in [2.45, 2.75) is 6.54 Å². The number of carbonyl (C=O) groups excluding carboxylic acids is 1. The van der Waals surface area contributed by atoms with Crippen molar-refractivity contribution in [3.63, 3.8) is 0 Å². The van der Waals surface area contributed by atoms with Crippen LogP contribution >= 0.6 is 0 Å². The van der Waals surface area contributed by atoms with Gasteiger partial charge in [0.1, 0.15) is 6.54 Å². The number of rotatable bonds is 2. The Bertz CT molecular complexity index is 345. The maximum absolute atomic E-state index is 11.0. The Morgan fingerprint density at radius 2 is 1.88 bits per heavy atom. The first-order valence-corrected chi connectivity index (χ1v) is 5.67. The number of nitrogens with one attached hydrogen (secondary N) is 1. The van der Waals surface area contributed by atoms with Crippen molar-refractivity contribution in [3.8, 4) is 0 Å². The van der Waals surface area contributed by atoms with E-state index in [9.17, 15) is 4.79 Å². The first kappa shape index (κ1) is 11.0. The molecule has 1 aliphatic rings. The molecule has 1 saturated heterocycles. The summed E-state index contributed by atoms with van der Waals surface area (Å²) in [6.07, 6.45) is 0. The van der Waals surface area contributed by atoms with E-state index in [0.717, 1.165) is 32.7 Å². The average Bonchev–Trinajstić information content (AvgIpc) is 2.31. The number of amides is 2. The lowest BCUT2D eigenvalue weighted by atomic mass is 10.2. The Labute approximate surface area is 95.6 Å². The van der Waals surface area contributed by atoms with Crippen molar-refractivity contribution >= 4 is 6.03 Å². The van der Waals surface area contributed by atoms with Crippen molar-refractivity contribution < 1.29 is 9.69 Å². The van der Waals surface area contributed by atoms with Crippen LogP contribution in [0.25, 0.3) is 0 Å². The third-order valence-electron chi connectivity index (χ3n) is 3.08. The number of nitrogens with two attached hydrogens (primary N) is 1. The first-order chi connectivity index (χ1) is 7.75. The molecule has 4 nitrogen and oxygen atoms in total. The summed E-state index contributed by atoms with van der Waals surface area (Å²) in [5.41, 5.74) is 6.59. The van der Waals surface area contributed by atoms with Crippen molar-refractivity contribution in [1.29, 1.82) is 0 Å². The Morgan fingerprint density at radius 3 is 2.44 bits per heavy atom. The molecular weight excluding hydrogens is 202 g/mol. The number of hydrogen-bond donors (Lipinski definition) is 2. The fraction of sp³-hybridized carbons (Fsp3) is 0.417. The fourth-order valence-corrected chi connectivity index (χ4v) is 2.10. The van der Waals surface area contributed by atoms with Gasteiger partial charge in [-0.25, -0.2) is 4.79 Å². The van der Waals surface area contributed by atoms with Crippen molar-refractivity contribution in [1.82, 2.24) is 4.90 Å². The highest BCUT2D eigenvalue weighted by molar-refractivity contribution is 5.71. The second-order valence-electron chi connectivity index (χ2n) is 4.24. The summed E-state index contributed by atoms with van der Waals surface area (Å²) in [4.78, 5) is 14.2. The minimum absolute atomic E-state index is 0.293. The SMILES string of the molecule is NC(=O)N1CC[NH+](Cc2ccccc2)CC1. The summed E-state index contributed by atoms with van der Waals surface area (Å²) in [6, 6.07) is 10.2. The van der Waals surface area contributed by atoms with Gasteiger partial charge < -0.3 is 15.5 Å². The molecule has 16 heavy (non-hydrogen) atoms. The molecule has 86 valence electrons. The molecule has 2 rings (SSSR count). The average molecular weight is 220 g/mol. The third kappa shape index (κ3) is 2.73. The van der Waals surface area contributed by atoms with Gasteiger partial charge in [0.2, 0.25) is 0 Å². The molecule has 1 heterocycles. The Hall–Kier alpha value is -1.55. The van der Waals surface area contributed by atoms with Gasteiger partial charge in [-0.1, -0.05) is 30.3 Å². The first-order valence-electron chi connectivity index (χ1n) is 5.67. The Balaban J connectivity index is 1.84. The number of hydrogen-bond acceptors (Lipinski definition) is 1. The molecule has 0 atom stereocenters. The van der Waals surface area contributed by atoms with E-state index in [-0.39, 0.29) is 6.03 Å². The molecule has 0 saturated carbocycles. The van der Waals surface area contributed by atoms with Crippen molar-refractivity contribution in [2.75, 3.05) is 26.2 Å². The predicted octanol–water partition coefficient (Wildman–Crippen LogP) is -0.534. The van der Waals surface area contributed by atoms with E-state index in [1.54, 1.807) is 4.90 Å². The summed E-state index contributed by atoms with van der Waals surface area (Å²) in [5, 5.41) is 0. The molecule has 0 radical (unpaired) electrons.